The summed E-state index contributed by atoms with van der Waals surface area (Å²) in [6, 6.07) is 16.3. The topological polar surface area (TPSA) is 82.2 Å². The summed E-state index contributed by atoms with van der Waals surface area (Å²) in [7, 11) is 0. The Bertz CT molecular complexity index is 895. The summed E-state index contributed by atoms with van der Waals surface area (Å²) in [6.07, 6.45) is 2.56. The van der Waals surface area contributed by atoms with Crippen LogP contribution in [0.5, 0.6) is 0 Å². The number of amides is 1. The number of aromatic amines is 1. The third-order valence-electron chi connectivity index (χ3n) is 3.34. The Balaban J connectivity index is 1.82. The normalized spacial score (nSPS) is 11.0. The summed E-state index contributed by atoms with van der Waals surface area (Å²) in [4.78, 5) is 25.8. The minimum absolute atomic E-state index is 0.175. The Morgan fingerprint density at radius 2 is 1.83 bits per heavy atom. The average Bonchev–Trinajstić information content (AvgIpc) is 2.96. The van der Waals surface area contributed by atoms with Crippen LogP contribution in [0.25, 0.3) is 17.0 Å². The lowest BCUT2D eigenvalue weighted by molar-refractivity contribution is -0.131. The van der Waals surface area contributed by atoms with E-state index >= 15 is 0 Å². The van der Waals surface area contributed by atoms with E-state index in [9.17, 15) is 9.59 Å². The second-order valence-electron chi connectivity index (χ2n) is 5.02. The van der Waals surface area contributed by atoms with E-state index in [1.54, 1.807) is 18.2 Å². The predicted molar refractivity (Wildman–Crippen MR) is 89.4 cm³/mol. The molecule has 0 unspecified atom stereocenters. The lowest BCUT2D eigenvalue weighted by Crippen LogP contribution is -2.11. The molecule has 5 heteroatoms. The number of anilines is 1. The Morgan fingerprint density at radius 1 is 1.04 bits per heavy atom. The van der Waals surface area contributed by atoms with Crippen LogP contribution in [0.1, 0.15) is 16.1 Å². The van der Waals surface area contributed by atoms with Crippen LogP contribution in [0, 0.1) is 0 Å². The van der Waals surface area contributed by atoms with Crippen molar-refractivity contribution >= 4 is 34.5 Å². The number of hydrogen-bond donors (Lipinski definition) is 3. The molecular weight excluding hydrogens is 292 g/mol. The fourth-order valence-electron chi connectivity index (χ4n) is 2.28. The van der Waals surface area contributed by atoms with Crippen LogP contribution in [0.15, 0.2) is 60.7 Å². The van der Waals surface area contributed by atoms with Crippen LogP contribution in [0.4, 0.5) is 5.69 Å². The molecule has 0 atom stereocenters. The first-order valence-electron chi connectivity index (χ1n) is 7.02. The smallest absolute Gasteiger partial charge is 0.328 e. The Morgan fingerprint density at radius 3 is 2.57 bits per heavy atom. The third-order valence-corrected chi connectivity index (χ3v) is 3.34. The molecule has 0 saturated heterocycles. The van der Waals surface area contributed by atoms with Crippen molar-refractivity contribution in [2.24, 2.45) is 0 Å². The first-order chi connectivity index (χ1) is 11.1. The molecule has 0 fully saturated rings. The van der Waals surface area contributed by atoms with Crippen molar-refractivity contribution in [1.29, 1.82) is 0 Å². The summed E-state index contributed by atoms with van der Waals surface area (Å²) >= 11 is 0. The number of carbonyl (C=O) groups excluding carboxylic acids is 1. The number of rotatable bonds is 4. The second-order valence-corrected chi connectivity index (χ2v) is 5.02. The highest BCUT2D eigenvalue weighted by atomic mass is 16.4. The fourth-order valence-corrected chi connectivity index (χ4v) is 2.28. The largest absolute Gasteiger partial charge is 0.478 e. The number of benzene rings is 2. The molecule has 2 aromatic carbocycles. The maximum Gasteiger partial charge on any atom is 0.328 e. The van der Waals surface area contributed by atoms with Gasteiger partial charge in [0.15, 0.2) is 0 Å². The molecule has 3 aromatic rings. The molecule has 0 aliphatic carbocycles. The van der Waals surface area contributed by atoms with Gasteiger partial charge in [-0.25, -0.2) is 4.79 Å². The van der Waals surface area contributed by atoms with Gasteiger partial charge in [0.2, 0.25) is 0 Å². The van der Waals surface area contributed by atoms with Crippen molar-refractivity contribution in [1.82, 2.24) is 4.98 Å². The van der Waals surface area contributed by atoms with Crippen LogP contribution < -0.4 is 5.32 Å². The molecule has 0 spiro atoms. The summed E-state index contributed by atoms with van der Waals surface area (Å²) in [5.74, 6) is -1.18. The molecular formula is C18H14N2O3. The molecule has 23 heavy (non-hydrogen) atoms. The molecule has 114 valence electrons. The summed E-state index contributed by atoms with van der Waals surface area (Å²) in [6.45, 7) is 0. The first kappa shape index (κ1) is 14.6. The van der Waals surface area contributed by atoms with E-state index in [2.05, 4.69) is 10.3 Å². The number of nitrogens with one attached hydrogen (secondary N) is 2. The number of carbonyl (C=O) groups is 2. The summed E-state index contributed by atoms with van der Waals surface area (Å²) < 4.78 is 0. The van der Waals surface area contributed by atoms with Crippen LogP contribution >= 0.6 is 0 Å². The molecule has 3 N–H and O–H groups in total. The van der Waals surface area contributed by atoms with Crippen molar-refractivity contribution < 1.29 is 14.7 Å². The zero-order valence-electron chi connectivity index (χ0n) is 12.1. The average molecular weight is 306 g/mol. The van der Waals surface area contributed by atoms with Crippen LogP contribution in [0.2, 0.25) is 0 Å². The molecule has 1 aromatic heterocycles. The standard InChI is InChI=1S/C18H14N2O3/c21-17(22)9-7-14-10-13-11-15(6-8-16(13)19-14)20-18(23)12-4-2-1-3-5-12/h1-11,19H,(H,20,23)(H,21,22)/b9-7+. The maximum absolute atomic E-state index is 12.1. The quantitative estimate of drug-likeness (QED) is 0.645. The van der Waals surface area contributed by atoms with E-state index < -0.39 is 5.97 Å². The van der Waals surface area contributed by atoms with Gasteiger partial charge in [0.05, 0.1) is 0 Å². The van der Waals surface area contributed by atoms with Gasteiger partial charge < -0.3 is 15.4 Å². The van der Waals surface area contributed by atoms with Gasteiger partial charge in [-0.1, -0.05) is 18.2 Å². The van der Waals surface area contributed by atoms with Crippen molar-refractivity contribution in [3.63, 3.8) is 0 Å². The monoisotopic (exact) mass is 306 g/mol. The molecule has 0 radical (unpaired) electrons. The van der Waals surface area contributed by atoms with Crippen molar-refractivity contribution in [3.05, 3.63) is 71.9 Å². The van der Waals surface area contributed by atoms with Crippen molar-refractivity contribution in [3.8, 4) is 0 Å². The molecule has 0 aliphatic rings. The molecule has 3 rings (SSSR count). The molecule has 0 aliphatic heterocycles. The van der Waals surface area contributed by atoms with Gasteiger partial charge in [-0.3, -0.25) is 4.79 Å². The fraction of sp³-hybridized carbons (Fsp3) is 0. The second kappa shape index (κ2) is 6.19. The minimum Gasteiger partial charge on any atom is -0.478 e. The lowest BCUT2D eigenvalue weighted by atomic mass is 10.2. The van der Waals surface area contributed by atoms with Gasteiger partial charge >= 0.3 is 5.97 Å². The number of hydrogen-bond acceptors (Lipinski definition) is 2. The van der Waals surface area contributed by atoms with Crippen molar-refractivity contribution in [2.75, 3.05) is 5.32 Å². The highest BCUT2D eigenvalue weighted by Gasteiger charge is 2.06. The van der Waals surface area contributed by atoms with E-state index in [-0.39, 0.29) is 5.91 Å². The van der Waals surface area contributed by atoms with E-state index in [0.29, 0.717) is 16.9 Å². The molecule has 1 heterocycles. The SMILES string of the molecule is O=C(O)/C=C/c1cc2cc(NC(=O)c3ccccc3)ccc2[nH]1. The third kappa shape index (κ3) is 3.47. The number of carboxylic acids is 1. The highest BCUT2D eigenvalue weighted by Crippen LogP contribution is 2.21. The molecule has 0 saturated carbocycles. The van der Waals surface area contributed by atoms with E-state index in [0.717, 1.165) is 17.0 Å². The molecule has 5 nitrogen and oxygen atoms in total. The van der Waals surface area contributed by atoms with Gasteiger partial charge in [0.1, 0.15) is 0 Å². The Hall–Kier alpha value is -3.34. The Labute approximate surface area is 132 Å². The molecule has 0 bridgehead atoms. The number of carboxylic acid groups (broad SMARTS) is 1. The van der Waals surface area contributed by atoms with Crippen LogP contribution in [-0.4, -0.2) is 22.0 Å². The lowest BCUT2D eigenvalue weighted by Gasteiger charge is -2.05. The van der Waals surface area contributed by atoms with Gasteiger partial charge in [-0.05, 0) is 42.5 Å². The van der Waals surface area contributed by atoms with Gasteiger partial charge in [-0.15, -0.1) is 0 Å². The first-order valence-corrected chi connectivity index (χ1v) is 7.02. The number of fused-ring (bicyclic) bond motifs is 1. The predicted octanol–water partition coefficient (Wildman–Crippen LogP) is 3.52. The van der Waals surface area contributed by atoms with Crippen molar-refractivity contribution in [2.45, 2.75) is 0 Å². The highest BCUT2D eigenvalue weighted by molar-refractivity contribution is 6.05. The number of H-pyrrole nitrogens is 1. The van der Waals surface area contributed by atoms with Crippen LogP contribution in [0.3, 0.4) is 0 Å². The number of aromatic nitrogens is 1. The van der Waals surface area contributed by atoms with E-state index in [1.807, 2.05) is 36.4 Å². The molecule has 1 amide bonds. The van der Waals surface area contributed by atoms with Gasteiger partial charge in [0.25, 0.3) is 5.91 Å². The Kier molecular flexibility index (Phi) is 3.93. The van der Waals surface area contributed by atoms with E-state index in [1.165, 1.54) is 6.08 Å². The van der Waals surface area contributed by atoms with Crippen LogP contribution in [-0.2, 0) is 4.79 Å². The zero-order valence-corrected chi connectivity index (χ0v) is 12.1. The van der Waals surface area contributed by atoms with Gasteiger partial charge in [0, 0.05) is 33.9 Å². The van der Waals surface area contributed by atoms with E-state index in [4.69, 9.17) is 5.11 Å². The minimum atomic E-state index is -1.00. The maximum atomic E-state index is 12.1. The zero-order chi connectivity index (χ0) is 16.2. The summed E-state index contributed by atoms with van der Waals surface area (Å²) in [5, 5.41) is 12.4. The van der Waals surface area contributed by atoms with Gasteiger partial charge in [-0.2, -0.15) is 0 Å². The summed E-state index contributed by atoms with van der Waals surface area (Å²) in [5.41, 5.74) is 2.83. The number of aliphatic carboxylic acids is 1.